The molecule has 0 radical (unpaired) electrons. The van der Waals surface area contributed by atoms with E-state index in [2.05, 4.69) is 0 Å². The quantitative estimate of drug-likeness (QED) is 0.318. The van der Waals surface area contributed by atoms with Gasteiger partial charge in [0.25, 0.3) is 5.91 Å². The second-order valence-electron chi connectivity index (χ2n) is 6.54. The second kappa shape index (κ2) is 8.99. The summed E-state index contributed by atoms with van der Waals surface area (Å²) in [6, 6.07) is 12.9. The molecular weight excluding hydrogens is 493 g/mol. The Labute approximate surface area is 202 Å². The van der Waals surface area contributed by atoms with Crippen LogP contribution in [-0.4, -0.2) is 28.4 Å². The smallest absolute Gasteiger partial charge is 0.337 e. The monoisotopic (exact) mass is 505 g/mol. The number of anilines is 1. The van der Waals surface area contributed by atoms with Crippen molar-refractivity contribution in [3.63, 3.8) is 0 Å². The molecule has 0 atom stereocenters. The zero-order chi connectivity index (χ0) is 23.0. The first-order chi connectivity index (χ1) is 15.3. The molecule has 0 unspecified atom stereocenters. The lowest BCUT2D eigenvalue weighted by Gasteiger charge is -2.15. The fraction of sp³-hybridized carbons (Fsp3) is 0.0455. The van der Waals surface area contributed by atoms with Gasteiger partial charge in [-0.1, -0.05) is 47.2 Å². The number of ether oxygens (including phenoxy) is 1. The summed E-state index contributed by atoms with van der Waals surface area (Å²) >= 11 is 18.6. The standard InChI is InChI=1S/C22H13Cl2NO5S2/c1-29-18-6-3-12(9-16(18)24)25-20(26)19(32-22(25)31)10-13-4-7-17(30-13)11-2-5-15(23)14(8-11)21(27)28/h2-10H,1H3,(H,27,28)/b19-10+. The van der Waals surface area contributed by atoms with Gasteiger partial charge in [-0.05, 0) is 48.5 Å². The number of aromatic carboxylic acids is 1. The summed E-state index contributed by atoms with van der Waals surface area (Å²) in [4.78, 5) is 26.1. The second-order valence-corrected chi connectivity index (χ2v) is 9.03. The van der Waals surface area contributed by atoms with Crippen LogP contribution in [0.25, 0.3) is 17.4 Å². The molecule has 6 nitrogen and oxygen atoms in total. The molecule has 2 aromatic carbocycles. The highest BCUT2D eigenvalue weighted by molar-refractivity contribution is 8.27. The van der Waals surface area contributed by atoms with E-state index in [1.54, 1.807) is 42.5 Å². The van der Waals surface area contributed by atoms with Gasteiger partial charge in [0.15, 0.2) is 4.32 Å². The van der Waals surface area contributed by atoms with Gasteiger partial charge in [0.1, 0.15) is 17.3 Å². The zero-order valence-electron chi connectivity index (χ0n) is 16.3. The molecule has 1 aliphatic rings. The van der Waals surface area contributed by atoms with Gasteiger partial charge < -0.3 is 14.3 Å². The molecule has 1 aliphatic heterocycles. The minimum absolute atomic E-state index is 0.0267. The Morgan fingerprint density at radius 3 is 2.62 bits per heavy atom. The topological polar surface area (TPSA) is 80.0 Å². The Morgan fingerprint density at radius 1 is 1.16 bits per heavy atom. The van der Waals surface area contributed by atoms with Crippen LogP contribution in [-0.2, 0) is 4.79 Å². The molecule has 1 amide bonds. The predicted octanol–water partition coefficient (Wildman–Crippen LogP) is 6.37. The van der Waals surface area contributed by atoms with Crippen LogP contribution in [0.4, 0.5) is 5.69 Å². The van der Waals surface area contributed by atoms with Gasteiger partial charge in [-0.25, -0.2) is 4.79 Å². The predicted molar refractivity (Wildman–Crippen MR) is 130 cm³/mol. The SMILES string of the molecule is COc1ccc(N2C(=O)/C(=C\c3ccc(-c4ccc(Cl)c(C(=O)O)c4)o3)SC2=S)cc1Cl. The lowest BCUT2D eigenvalue weighted by Crippen LogP contribution is -2.27. The average molecular weight is 506 g/mol. The van der Waals surface area contributed by atoms with Crippen molar-refractivity contribution in [1.29, 1.82) is 0 Å². The van der Waals surface area contributed by atoms with E-state index in [-0.39, 0.29) is 16.5 Å². The Morgan fingerprint density at radius 2 is 1.94 bits per heavy atom. The molecule has 32 heavy (non-hydrogen) atoms. The summed E-state index contributed by atoms with van der Waals surface area (Å²) in [6.45, 7) is 0. The average Bonchev–Trinajstić information content (AvgIpc) is 3.32. The van der Waals surface area contributed by atoms with Crippen molar-refractivity contribution in [2.75, 3.05) is 12.0 Å². The summed E-state index contributed by atoms with van der Waals surface area (Å²) in [5.41, 5.74) is 1.05. The summed E-state index contributed by atoms with van der Waals surface area (Å²) < 4.78 is 11.3. The summed E-state index contributed by atoms with van der Waals surface area (Å²) in [5.74, 6) is -0.0922. The van der Waals surface area contributed by atoms with Crippen molar-refractivity contribution in [1.82, 2.24) is 0 Å². The number of carbonyl (C=O) groups excluding carboxylic acids is 1. The molecule has 162 valence electrons. The number of methoxy groups -OCH3 is 1. The molecule has 1 N–H and O–H groups in total. The zero-order valence-corrected chi connectivity index (χ0v) is 19.4. The minimum atomic E-state index is -1.13. The van der Waals surface area contributed by atoms with Crippen LogP contribution < -0.4 is 9.64 Å². The van der Waals surface area contributed by atoms with Crippen LogP contribution in [0.2, 0.25) is 10.0 Å². The van der Waals surface area contributed by atoms with Crippen LogP contribution in [0.3, 0.4) is 0 Å². The number of carboxylic acid groups (broad SMARTS) is 1. The fourth-order valence-electron chi connectivity index (χ4n) is 3.04. The summed E-state index contributed by atoms with van der Waals surface area (Å²) in [5, 5.41) is 9.75. The van der Waals surface area contributed by atoms with Gasteiger partial charge in [0.05, 0.1) is 33.3 Å². The van der Waals surface area contributed by atoms with Gasteiger partial charge >= 0.3 is 5.97 Å². The molecule has 0 bridgehead atoms. The molecule has 1 aromatic heterocycles. The van der Waals surface area contributed by atoms with E-state index in [0.717, 1.165) is 11.8 Å². The van der Waals surface area contributed by atoms with Crippen LogP contribution in [0, 0.1) is 0 Å². The third kappa shape index (κ3) is 4.27. The van der Waals surface area contributed by atoms with E-state index in [1.165, 1.54) is 24.1 Å². The number of thioether (sulfide) groups is 1. The third-order valence-corrected chi connectivity index (χ3v) is 6.50. The third-order valence-electron chi connectivity index (χ3n) is 4.57. The maximum atomic E-state index is 13.0. The number of nitrogens with zero attached hydrogens (tertiary/aromatic N) is 1. The van der Waals surface area contributed by atoms with Crippen molar-refractivity contribution >= 4 is 75.1 Å². The van der Waals surface area contributed by atoms with Gasteiger partial charge in [0, 0.05) is 11.6 Å². The molecule has 4 rings (SSSR count). The van der Waals surface area contributed by atoms with Crippen molar-refractivity contribution in [2.45, 2.75) is 0 Å². The minimum Gasteiger partial charge on any atom is -0.495 e. The highest BCUT2D eigenvalue weighted by Crippen LogP contribution is 2.39. The lowest BCUT2D eigenvalue weighted by molar-refractivity contribution is -0.113. The number of carboxylic acids is 1. The van der Waals surface area contributed by atoms with Crippen LogP contribution >= 0.6 is 47.2 Å². The highest BCUT2D eigenvalue weighted by atomic mass is 35.5. The fourth-order valence-corrected chi connectivity index (χ4v) is 4.77. The van der Waals surface area contributed by atoms with E-state index in [4.69, 9.17) is 44.6 Å². The van der Waals surface area contributed by atoms with Crippen LogP contribution in [0.15, 0.2) is 57.9 Å². The van der Waals surface area contributed by atoms with Crippen molar-refractivity contribution in [2.24, 2.45) is 0 Å². The van der Waals surface area contributed by atoms with E-state index in [0.29, 0.717) is 42.8 Å². The number of amides is 1. The highest BCUT2D eigenvalue weighted by Gasteiger charge is 2.34. The maximum absolute atomic E-state index is 13.0. The number of halogens is 2. The number of carbonyl (C=O) groups is 2. The first kappa shape index (κ1) is 22.4. The largest absolute Gasteiger partial charge is 0.495 e. The van der Waals surface area contributed by atoms with Crippen LogP contribution in [0.1, 0.15) is 16.1 Å². The summed E-state index contributed by atoms with van der Waals surface area (Å²) in [7, 11) is 1.51. The first-order valence-corrected chi connectivity index (χ1v) is 11.0. The van der Waals surface area contributed by atoms with Crippen molar-refractivity contribution in [3.05, 3.63) is 74.8 Å². The molecule has 0 saturated carbocycles. The molecule has 1 saturated heterocycles. The Kier molecular flexibility index (Phi) is 6.30. The van der Waals surface area contributed by atoms with Gasteiger partial charge in [0.2, 0.25) is 0 Å². The Hall–Kier alpha value is -2.78. The van der Waals surface area contributed by atoms with E-state index in [1.807, 2.05) is 0 Å². The van der Waals surface area contributed by atoms with Crippen molar-refractivity contribution < 1.29 is 23.8 Å². The van der Waals surface area contributed by atoms with Gasteiger partial charge in [-0.2, -0.15) is 0 Å². The van der Waals surface area contributed by atoms with Gasteiger partial charge in [-0.3, -0.25) is 9.69 Å². The molecular formula is C22H13Cl2NO5S2. The molecule has 0 aliphatic carbocycles. The Balaban J connectivity index is 1.61. The van der Waals surface area contributed by atoms with E-state index in [9.17, 15) is 14.7 Å². The number of hydrogen-bond acceptors (Lipinski definition) is 6. The number of hydrogen-bond donors (Lipinski definition) is 1. The van der Waals surface area contributed by atoms with E-state index < -0.39 is 5.97 Å². The molecule has 0 spiro atoms. The Bertz CT molecular complexity index is 1300. The molecule has 1 fully saturated rings. The first-order valence-electron chi connectivity index (χ1n) is 9.03. The van der Waals surface area contributed by atoms with Gasteiger partial charge in [-0.15, -0.1) is 0 Å². The molecule has 10 heteroatoms. The summed E-state index contributed by atoms with van der Waals surface area (Å²) in [6.07, 6.45) is 1.59. The van der Waals surface area contributed by atoms with Crippen LogP contribution in [0.5, 0.6) is 5.75 Å². The van der Waals surface area contributed by atoms with E-state index >= 15 is 0 Å². The number of furan rings is 1. The normalized spacial score (nSPS) is 15.0. The molecule has 3 aromatic rings. The lowest BCUT2D eigenvalue weighted by atomic mass is 10.1. The number of thiocarbonyl (C=S) groups is 1. The number of rotatable bonds is 5. The maximum Gasteiger partial charge on any atom is 0.337 e. The number of benzene rings is 2. The molecule has 2 heterocycles. The van der Waals surface area contributed by atoms with Crippen molar-refractivity contribution in [3.8, 4) is 17.1 Å².